The molecule has 13 heavy (non-hydrogen) atoms. The van der Waals surface area contributed by atoms with E-state index in [1.807, 2.05) is 0 Å². The van der Waals surface area contributed by atoms with Gasteiger partial charge in [-0.2, -0.15) is 5.10 Å². The van der Waals surface area contributed by atoms with Gasteiger partial charge in [0.25, 0.3) is 10.0 Å². The van der Waals surface area contributed by atoms with Crippen LogP contribution in [0.4, 0.5) is 5.82 Å². The first-order valence-corrected chi connectivity index (χ1v) is 4.96. The summed E-state index contributed by atoms with van der Waals surface area (Å²) in [6.07, 6.45) is 1.76. The van der Waals surface area contributed by atoms with Gasteiger partial charge in [0, 0.05) is 0 Å². The fraction of sp³-hybridized carbons (Fsp3) is 0.200. The molecule has 1 aromatic rings. The average molecular weight is 205 g/mol. The zero-order chi connectivity index (χ0) is 10.2. The maximum absolute atomic E-state index is 10.9. The predicted octanol–water partition coefficient (Wildman–Crippen LogP) is -1.03. The van der Waals surface area contributed by atoms with E-state index < -0.39 is 21.8 Å². The number of rotatable bonds is 2. The molecule has 8 heteroatoms. The van der Waals surface area contributed by atoms with Gasteiger partial charge >= 0.3 is 5.97 Å². The third kappa shape index (κ3) is 1.61. The SMILES string of the molecule is CS(=O)(=O)n1ncc(C(=O)O)c1N. The minimum Gasteiger partial charge on any atom is -0.477 e. The Kier molecular flexibility index (Phi) is 2.00. The summed E-state index contributed by atoms with van der Waals surface area (Å²) in [6, 6.07) is 0. The van der Waals surface area contributed by atoms with Crippen molar-refractivity contribution in [3.8, 4) is 0 Å². The summed E-state index contributed by atoms with van der Waals surface area (Å²) in [5.74, 6) is -1.71. The van der Waals surface area contributed by atoms with Crippen LogP contribution in [0.25, 0.3) is 0 Å². The number of carboxylic acid groups (broad SMARTS) is 1. The number of carbonyl (C=O) groups is 1. The van der Waals surface area contributed by atoms with E-state index in [1.54, 1.807) is 0 Å². The van der Waals surface area contributed by atoms with Gasteiger partial charge in [0.05, 0.1) is 12.5 Å². The molecule has 0 aliphatic rings. The summed E-state index contributed by atoms with van der Waals surface area (Å²) in [5.41, 5.74) is 4.90. The van der Waals surface area contributed by atoms with Crippen LogP contribution in [0.2, 0.25) is 0 Å². The molecule has 0 atom stereocenters. The Morgan fingerprint density at radius 1 is 1.69 bits per heavy atom. The molecule has 72 valence electrons. The molecule has 0 radical (unpaired) electrons. The highest BCUT2D eigenvalue weighted by Crippen LogP contribution is 2.11. The Balaban J connectivity index is 3.39. The molecule has 7 nitrogen and oxygen atoms in total. The predicted molar refractivity (Wildman–Crippen MR) is 43.8 cm³/mol. The maximum atomic E-state index is 10.9. The molecule has 0 bridgehead atoms. The van der Waals surface area contributed by atoms with Crippen LogP contribution in [-0.2, 0) is 10.0 Å². The molecule has 0 amide bonds. The molecule has 1 aromatic heterocycles. The molecule has 1 rings (SSSR count). The Morgan fingerprint density at radius 2 is 2.23 bits per heavy atom. The number of anilines is 1. The Bertz CT molecular complexity index is 446. The summed E-state index contributed by atoms with van der Waals surface area (Å²) >= 11 is 0. The summed E-state index contributed by atoms with van der Waals surface area (Å²) < 4.78 is 22.3. The number of carboxylic acids is 1. The summed E-state index contributed by atoms with van der Waals surface area (Å²) in [4.78, 5) is 10.4. The van der Waals surface area contributed by atoms with E-state index in [0.29, 0.717) is 4.09 Å². The van der Waals surface area contributed by atoms with Crippen molar-refractivity contribution in [2.45, 2.75) is 0 Å². The van der Waals surface area contributed by atoms with E-state index in [1.165, 1.54) is 0 Å². The highest BCUT2D eigenvalue weighted by molar-refractivity contribution is 7.89. The number of nitrogens with two attached hydrogens (primary N) is 1. The van der Waals surface area contributed by atoms with E-state index >= 15 is 0 Å². The van der Waals surface area contributed by atoms with Crippen molar-refractivity contribution in [1.82, 2.24) is 9.19 Å². The summed E-state index contributed by atoms with van der Waals surface area (Å²) in [6.45, 7) is 0. The molecule has 0 aliphatic heterocycles. The van der Waals surface area contributed by atoms with Gasteiger partial charge in [0.1, 0.15) is 5.56 Å². The fourth-order valence-electron chi connectivity index (χ4n) is 0.771. The lowest BCUT2D eigenvalue weighted by Gasteiger charge is -1.99. The number of hydrogen-bond acceptors (Lipinski definition) is 5. The van der Waals surface area contributed by atoms with Crippen LogP contribution in [0, 0.1) is 0 Å². The van der Waals surface area contributed by atoms with E-state index in [9.17, 15) is 13.2 Å². The number of aromatic carboxylic acids is 1. The van der Waals surface area contributed by atoms with Crippen molar-refractivity contribution < 1.29 is 18.3 Å². The van der Waals surface area contributed by atoms with Crippen LogP contribution in [0.5, 0.6) is 0 Å². The normalized spacial score (nSPS) is 11.5. The molecular formula is C5H7N3O4S. The lowest BCUT2D eigenvalue weighted by molar-refractivity contribution is 0.0698. The third-order valence-electron chi connectivity index (χ3n) is 1.32. The lowest BCUT2D eigenvalue weighted by atomic mass is 10.3. The maximum Gasteiger partial charge on any atom is 0.341 e. The first kappa shape index (κ1) is 9.52. The number of nitrogens with zero attached hydrogens (tertiary/aromatic N) is 2. The molecule has 0 unspecified atom stereocenters. The second-order valence-corrected chi connectivity index (χ2v) is 4.17. The monoisotopic (exact) mass is 205 g/mol. The summed E-state index contributed by atoms with van der Waals surface area (Å²) in [5, 5.41) is 11.8. The molecule has 0 saturated heterocycles. The molecular weight excluding hydrogens is 198 g/mol. The van der Waals surface area contributed by atoms with Gasteiger partial charge < -0.3 is 10.8 Å². The largest absolute Gasteiger partial charge is 0.477 e. The molecule has 0 aromatic carbocycles. The Morgan fingerprint density at radius 3 is 2.46 bits per heavy atom. The van der Waals surface area contributed by atoms with Gasteiger partial charge in [-0.1, -0.05) is 0 Å². The van der Waals surface area contributed by atoms with Crippen LogP contribution < -0.4 is 5.73 Å². The Labute approximate surface area is 73.8 Å². The smallest absolute Gasteiger partial charge is 0.341 e. The van der Waals surface area contributed by atoms with Crippen LogP contribution in [0.15, 0.2) is 6.20 Å². The lowest BCUT2D eigenvalue weighted by Crippen LogP contribution is -2.15. The summed E-state index contributed by atoms with van der Waals surface area (Å²) in [7, 11) is -3.63. The quantitative estimate of drug-likeness (QED) is 0.637. The zero-order valence-electron chi connectivity index (χ0n) is 6.63. The van der Waals surface area contributed by atoms with Crippen molar-refractivity contribution in [1.29, 1.82) is 0 Å². The topological polar surface area (TPSA) is 115 Å². The first-order chi connectivity index (χ1) is 5.84. The van der Waals surface area contributed by atoms with Gasteiger partial charge in [-0.05, 0) is 0 Å². The minimum atomic E-state index is -3.63. The number of aromatic nitrogens is 2. The second-order valence-electron chi connectivity index (χ2n) is 2.35. The third-order valence-corrected chi connectivity index (χ3v) is 2.24. The van der Waals surface area contributed by atoms with E-state index in [0.717, 1.165) is 12.5 Å². The molecule has 1 heterocycles. The highest BCUT2D eigenvalue weighted by Gasteiger charge is 2.18. The molecule has 0 aliphatic carbocycles. The van der Waals surface area contributed by atoms with Crippen LogP contribution in [0.3, 0.4) is 0 Å². The highest BCUT2D eigenvalue weighted by atomic mass is 32.2. The van der Waals surface area contributed by atoms with Crippen molar-refractivity contribution in [2.75, 3.05) is 12.0 Å². The molecule has 0 saturated carbocycles. The molecule has 3 N–H and O–H groups in total. The average Bonchev–Trinajstić information content (AvgIpc) is 2.28. The second kappa shape index (κ2) is 2.73. The molecule has 0 spiro atoms. The van der Waals surface area contributed by atoms with Gasteiger partial charge in [-0.3, -0.25) is 0 Å². The standard InChI is InChI=1S/C5H7N3O4S/c1-13(11,12)8-4(6)3(2-7-8)5(9)10/h2H,6H2,1H3,(H,9,10). The van der Waals surface area contributed by atoms with E-state index in [2.05, 4.69) is 5.10 Å². The van der Waals surface area contributed by atoms with Gasteiger partial charge in [0.15, 0.2) is 5.82 Å². The van der Waals surface area contributed by atoms with Gasteiger partial charge in [0.2, 0.25) is 0 Å². The van der Waals surface area contributed by atoms with Crippen LogP contribution in [-0.4, -0.2) is 34.9 Å². The number of nitrogen functional groups attached to an aromatic ring is 1. The van der Waals surface area contributed by atoms with Crippen molar-refractivity contribution in [2.24, 2.45) is 0 Å². The van der Waals surface area contributed by atoms with E-state index in [4.69, 9.17) is 10.8 Å². The van der Waals surface area contributed by atoms with E-state index in [-0.39, 0.29) is 5.56 Å². The molecule has 0 fully saturated rings. The number of hydrogen-bond donors (Lipinski definition) is 2. The Hall–Kier alpha value is -1.57. The van der Waals surface area contributed by atoms with Crippen LogP contribution in [0.1, 0.15) is 10.4 Å². The zero-order valence-corrected chi connectivity index (χ0v) is 7.45. The van der Waals surface area contributed by atoms with Crippen LogP contribution >= 0.6 is 0 Å². The first-order valence-electron chi connectivity index (χ1n) is 3.11. The van der Waals surface area contributed by atoms with Gasteiger partial charge in [-0.25, -0.2) is 13.2 Å². The van der Waals surface area contributed by atoms with Gasteiger partial charge in [-0.15, -0.1) is 4.09 Å². The van der Waals surface area contributed by atoms with Crippen molar-refractivity contribution >= 4 is 21.8 Å². The van der Waals surface area contributed by atoms with Crippen molar-refractivity contribution in [3.63, 3.8) is 0 Å². The fourth-order valence-corrected chi connectivity index (χ4v) is 1.44. The van der Waals surface area contributed by atoms with Crippen molar-refractivity contribution in [3.05, 3.63) is 11.8 Å². The minimum absolute atomic E-state index is 0.328.